The minimum absolute atomic E-state index is 0.0420. The van der Waals surface area contributed by atoms with Gasteiger partial charge >= 0.3 is 0 Å². The second kappa shape index (κ2) is 8.97. The van der Waals surface area contributed by atoms with Crippen LogP contribution in [0.2, 0.25) is 0 Å². The zero-order valence-corrected chi connectivity index (χ0v) is 15.0. The topological polar surface area (TPSA) is 69.4 Å². The molecule has 2 heterocycles. The van der Waals surface area contributed by atoms with E-state index in [9.17, 15) is 0 Å². The normalized spacial score (nSPS) is 18.9. The molecule has 2 aromatic rings. The molecule has 0 amide bonds. The van der Waals surface area contributed by atoms with Crippen molar-refractivity contribution in [3.05, 3.63) is 41.5 Å². The fraction of sp³-hybridized carbons (Fsp3) is 0.579. The predicted octanol–water partition coefficient (Wildman–Crippen LogP) is 3.89. The molecule has 1 aromatic carbocycles. The van der Waals surface area contributed by atoms with Gasteiger partial charge in [-0.1, -0.05) is 24.2 Å². The molecule has 0 bridgehead atoms. The molecule has 6 heteroatoms. The molecule has 0 unspecified atom stereocenters. The van der Waals surface area contributed by atoms with Crippen molar-refractivity contribution < 1.29 is 14.0 Å². The average molecular weight is 345 g/mol. The number of aryl methyl sites for hydroxylation is 1. The number of aromatic nitrogens is 2. The lowest BCUT2D eigenvalue weighted by atomic mass is 10.1. The fourth-order valence-electron chi connectivity index (χ4n) is 2.90. The second-order valence-electron chi connectivity index (χ2n) is 6.47. The summed E-state index contributed by atoms with van der Waals surface area (Å²) in [5, 5.41) is 7.34. The van der Waals surface area contributed by atoms with Crippen LogP contribution < -0.4 is 5.32 Å². The third kappa shape index (κ3) is 5.28. The highest BCUT2D eigenvalue weighted by Crippen LogP contribution is 2.20. The number of nitrogens with zero attached hydrogens (tertiary/aromatic N) is 2. The summed E-state index contributed by atoms with van der Waals surface area (Å²) in [6.07, 6.45) is 4.53. The summed E-state index contributed by atoms with van der Waals surface area (Å²) in [5.41, 5.74) is 2.14. The van der Waals surface area contributed by atoms with Crippen LogP contribution in [0.5, 0.6) is 0 Å². The summed E-state index contributed by atoms with van der Waals surface area (Å²) < 4.78 is 16.8. The Bertz CT molecular complexity index is 653. The van der Waals surface area contributed by atoms with Crippen LogP contribution in [0.1, 0.15) is 56.4 Å². The van der Waals surface area contributed by atoms with Crippen LogP contribution in [0.4, 0.5) is 5.69 Å². The Balaban J connectivity index is 1.50. The molecule has 2 atom stereocenters. The van der Waals surface area contributed by atoms with Gasteiger partial charge in [-0.3, -0.25) is 0 Å². The number of anilines is 1. The van der Waals surface area contributed by atoms with Crippen LogP contribution in [0.3, 0.4) is 0 Å². The summed E-state index contributed by atoms with van der Waals surface area (Å²) in [4.78, 5) is 4.37. The Labute approximate surface area is 148 Å². The van der Waals surface area contributed by atoms with Gasteiger partial charge < -0.3 is 19.3 Å². The van der Waals surface area contributed by atoms with E-state index in [4.69, 9.17) is 14.0 Å². The largest absolute Gasteiger partial charge is 0.376 e. The lowest BCUT2D eigenvalue weighted by Gasteiger charge is -2.22. The van der Waals surface area contributed by atoms with Crippen LogP contribution in [0.15, 0.2) is 28.8 Å². The minimum atomic E-state index is -0.0420. The summed E-state index contributed by atoms with van der Waals surface area (Å²) in [7, 11) is 0. The van der Waals surface area contributed by atoms with Gasteiger partial charge in [-0.25, -0.2) is 0 Å². The summed E-state index contributed by atoms with van der Waals surface area (Å²) in [5.74, 6) is 1.34. The maximum atomic E-state index is 5.83. The molecule has 136 valence electrons. The maximum Gasteiger partial charge on any atom is 0.248 e. The molecular formula is C19H27N3O3. The van der Waals surface area contributed by atoms with E-state index in [-0.39, 0.29) is 12.1 Å². The second-order valence-corrected chi connectivity index (χ2v) is 6.47. The van der Waals surface area contributed by atoms with E-state index in [0.717, 1.165) is 36.5 Å². The first-order valence-corrected chi connectivity index (χ1v) is 9.12. The van der Waals surface area contributed by atoms with E-state index in [1.165, 1.54) is 12.8 Å². The molecule has 1 saturated heterocycles. The highest BCUT2D eigenvalue weighted by Gasteiger charge is 2.15. The average Bonchev–Trinajstić information content (AvgIpc) is 3.12. The van der Waals surface area contributed by atoms with E-state index in [1.807, 2.05) is 26.0 Å². The van der Waals surface area contributed by atoms with Crippen molar-refractivity contribution in [2.75, 3.05) is 18.5 Å². The summed E-state index contributed by atoms with van der Waals surface area (Å²) in [6, 6.07) is 8.17. The Morgan fingerprint density at radius 1 is 1.36 bits per heavy atom. The summed E-state index contributed by atoms with van der Waals surface area (Å²) >= 11 is 0. The Hall–Kier alpha value is -1.92. The lowest BCUT2D eigenvalue weighted by Crippen LogP contribution is -2.24. The quantitative estimate of drug-likeness (QED) is 0.783. The summed E-state index contributed by atoms with van der Waals surface area (Å²) in [6.45, 7) is 6.13. The number of benzene rings is 1. The predicted molar refractivity (Wildman–Crippen MR) is 95.4 cm³/mol. The lowest BCUT2D eigenvalue weighted by molar-refractivity contribution is -0.0447. The fourth-order valence-corrected chi connectivity index (χ4v) is 2.90. The first kappa shape index (κ1) is 17.9. The molecule has 3 rings (SSSR count). The molecule has 25 heavy (non-hydrogen) atoms. The molecule has 1 aliphatic rings. The van der Waals surface area contributed by atoms with E-state index in [1.54, 1.807) is 0 Å². The highest BCUT2D eigenvalue weighted by molar-refractivity contribution is 5.46. The van der Waals surface area contributed by atoms with Crippen molar-refractivity contribution in [1.82, 2.24) is 10.1 Å². The third-order valence-electron chi connectivity index (χ3n) is 4.33. The highest BCUT2D eigenvalue weighted by atomic mass is 16.5. The Morgan fingerprint density at radius 3 is 3.04 bits per heavy atom. The standard InChI is InChI=1S/C19H27N3O3/c1-3-18-21-19(25-22-18)14(2)20-16-8-6-7-15(11-16)12-23-13-17-9-4-5-10-24-17/h6-8,11,14,17,20H,3-5,9-10,12-13H2,1-2H3/t14-,17+/m0/s1. The van der Waals surface area contributed by atoms with Crippen LogP contribution >= 0.6 is 0 Å². The zero-order chi connectivity index (χ0) is 17.5. The molecule has 0 aliphatic carbocycles. The van der Waals surface area contributed by atoms with Crippen LogP contribution in [-0.4, -0.2) is 29.5 Å². The van der Waals surface area contributed by atoms with Crippen molar-refractivity contribution in [2.45, 2.75) is 58.3 Å². The van der Waals surface area contributed by atoms with Gasteiger partial charge in [-0.2, -0.15) is 4.98 Å². The molecular weight excluding hydrogens is 318 g/mol. The van der Waals surface area contributed by atoms with Gasteiger partial charge in [-0.05, 0) is 43.9 Å². The SMILES string of the molecule is CCc1noc([C@H](C)Nc2cccc(COC[C@H]3CCCCO3)c2)n1. The molecule has 6 nitrogen and oxygen atoms in total. The number of hydrogen-bond donors (Lipinski definition) is 1. The van der Waals surface area contributed by atoms with E-state index < -0.39 is 0 Å². The first-order chi connectivity index (χ1) is 12.2. The molecule has 0 spiro atoms. The number of ether oxygens (including phenoxy) is 2. The van der Waals surface area contributed by atoms with E-state index >= 15 is 0 Å². The molecule has 0 radical (unpaired) electrons. The van der Waals surface area contributed by atoms with Crippen molar-refractivity contribution in [2.24, 2.45) is 0 Å². The Kier molecular flexibility index (Phi) is 6.42. The molecule has 1 fully saturated rings. The van der Waals surface area contributed by atoms with Crippen LogP contribution in [-0.2, 0) is 22.5 Å². The zero-order valence-electron chi connectivity index (χ0n) is 15.0. The van der Waals surface area contributed by atoms with Crippen molar-refractivity contribution >= 4 is 5.69 Å². The van der Waals surface area contributed by atoms with Crippen molar-refractivity contribution in [3.63, 3.8) is 0 Å². The molecule has 1 aromatic heterocycles. The van der Waals surface area contributed by atoms with Crippen LogP contribution in [0, 0.1) is 0 Å². The number of nitrogens with one attached hydrogen (secondary N) is 1. The van der Waals surface area contributed by atoms with Crippen molar-refractivity contribution in [3.8, 4) is 0 Å². The molecule has 1 aliphatic heterocycles. The third-order valence-corrected chi connectivity index (χ3v) is 4.33. The minimum Gasteiger partial charge on any atom is -0.376 e. The number of rotatable bonds is 8. The maximum absolute atomic E-state index is 5.83. The van der Waals surface area contributed by atoms with Gasteiger partial charge in [0, 0.05) is 18.7 Å². The van der Waals surface area contributed by atoms with Gasteiger partial charge in [0.1, 0.15) is 6.04 Å². The van der Waals surface area contributed by atoms with Crippen LogP contribution in [0.25, 0.3) is 0 Å². The molecule has 0 saturated carbocycles. The van der Waals surface area contributed by atoms with Gasteiger partial charge in [0.2, 0.25) is 5.89 Å². The monoisotopic (exact) mass is 345 g/mol. The molecule has 1 N–H and O–H groups in total. The van der Waals surface area contributed by atoms with Gasteiger partial charge in [0.15, 0.2) is 5.82 Å². The Morgan fingerprint density at radius 2 is 2.28 bits per heavy atom. The van der Waals surface area contributed by atoms with Gasteiger partial charge in [-0.15, -0.1) is 0 Å². The number of hydrogen-bond acceptors (Lipinski definition) is 6. The smallest absolute Gasteiger partial charge is 0.248 e. The van der Waals surface area contributed by atoms with E-state index in [0.29, 0.717) is 19.1 Å². The van der Waals surface area contributed by atoms with E-state index in [2.05, 4.69) is 27.6 Å². The van der Waals surface area contributed by atoms with Crippen molar-refractivity contribution in [1.29, 1.82) is 0 Å². The van der Waals surface area contributed by atoms with Gasteiger partial charge in [0.05, 0.1) is 19.3 Å². The first-order valence-electron chi connectivity index (χ1n) is 9.12. The van der Waals surface area contributed by atoms with Gasteiger partial charge in [0.25, 0.3) is 0 Å².